The quantitative estimate of drug-likeness (QED) is 0.666. The lowest BCUT2D eigenvalue weighted by molar-refractivity contribution is 0.0886. The summed E-state index contributed by atoms with van der Waals surface area (Å²) in [7, 11) is 1.80. The molecule has 1 fully saturated rings. The van der Waals surface area contributed by atoms with E-state index in [-0.39, 0.29) is 5.54 Å². The predicted molar refractivity (Wildman–Crippen MR) is 87.2 cm³/mol. The van der Waals surface area contributed by atoms with Crippen molar-refractivity contribution >= 4 is 0 Å². The first kappa shape index (κ1) is 17.9. The first-order valence-corrected chi connectivity index (χ1v) is 8.34. The number of nitrogens with zero attached hydrogens (tertiary/aromatic N) is 1. The second-order valence-electron chi connectivity index (χ2n) is 7.51. The van der Waals surface area contributed by atoms with E-state index >= 15 is 0 Å². The maximum Gasteiger partial charge on any atom is 0.0589 e. The van der Waals surface area contributed by atoms with Gasteiger partial charge in [-0.1, -0.05) is 13.8 Å². The van der Waals surface area contributed by atoms with Crippen molar-refractivity contribution in [3.63, 3.8) is 0 Å². The molecule has 120 valence electrons. The van der Waals surface area contributed by atoms with Crippen LogP contribution >= 0.6 is 0 Å². The zero-order valence-electron chi connectivity index (χ0n) is 14.6. The van der Waals surface area contributed by atoms with E-state index in [1.54, 1.807) is 7.11 Å². The Hall–Kier alpha value is -0.120. The first-order chi connectivity index (χ1) is 9.36. The molecule has 1 saturated carbocycles. The Morgan fingerprint density at radius 2 is 1.75 bits per heavy atom. The van der Waals surface area contributed by atoms with Crippen LogP contribution in [0.4, 0.5) is 0 Å². The minimum atomic E-state index is 0.201. The lowest BCUT2D eigenvalue weighted by atomic mass is 9.81. The first-order valence-electron chi connectivity index (χ1n) is 8.34. The third-order valence-corrected chi connectivity index (χ3v) is 4.68. The van der Waals surface area contributed by atoms with Gasteiger partial charge < -0.3 is 10.1 Å². The van der Waals surface area contributed by atoms with Crippen molar-refractivity contribution in [3.05, 3.63) is 0 Å². The summed E-state index contributed by atoms with van der Waals surface area (Å²) in [5, 5.41) is 3.73. The molecule has 0 unspecified atom stereocenters. The summed E-state index contributed by atoms with van der Waals surface area (Å²) in [5.41, 5.74) is 0.593. The average Bonchev–Trinajstić information content (AvgIpc) is 3.22. The molecule has 0 heterocycles. The maximum atomic E-state index is 5.29. The lowest BCUT2D eigenvalue weighted by Crippen LogP contribution is -2.49. The van der Waals surface area contributed by atoms with Crippen LogP contribution in [0.1, 0.15) is 60.3 Å². The van der Waals surface area contributed by atoms with Gasteiger partial charge in [0.2, 0.25) is 0 Å². The summed E-state index contributed by atoms with van der Waals surface area (Å²) in [5.74, 6) is 0. The highest BCUT2D eigenvalue weighted by molar-refractivity contribution is 4.91. The van der Waals surface area contributed by atoms with Crippen molar-refractivity contribution in [1.29, 1.82) is 0 Å². The van der Waals surface area contributed by atoms with Crippen LogP contribution < -0.4 is 5.32 Å². The molecule has 0 aliphatic heterocycles. The van der Waals surface area contributed by atoms with E-state index in [9.17, 15) is 0 Å². The minimum absolute atomic E-state index is 0.201. The Labute approximate surface area is 126 Å². The van der Waals surface area contributed by atoms with Gasteiger partial charge in [0.05, 0.1) is 6.61 Å². The highest BCUT2D eigenvalue weighted by Gasteiger charge is 2.36. The molecule has 0 aromatic rings. The molecule has 1 rings (SSSR count). The van der Waals surface area contributed by atoms with E-state index in [4.69, 9.17) is 4.74 Å². The van der Waals surface area contributed by atoms with Gasteiger partial charge in [-0.15, -0.1) is 0 Å². The summed E-state index contributed by atoms with van der Waals surface area (Å²) in [6.45, 7) is 15.7. The zero-order chi connectivity index (χ0) is 15.2. The number of hydrogen-bond acceptors (Lipinski definition) is 3. The van der Waals surface area contributed by atoms with E-state index in [2.05, 4.69) is 44.8 Å². The third kappa shape index (κ3) is 6.11. The van der Waals surface area contributed by atoms with Gasteiger partial charge in [0, 0.05) is 38.3 Å². The topological polar surface area (TPSA) is 24.5 Å². The molecule has 1 aliphatic rings. The van der Waals surface area contributed by atoms with Gasteiger partial charge in [0.25, 0.3) is 0 Å². The lowest BCUT2D eigenvalue weighted by Gasteiger charge is -2.39. The minimum Gasteiger partial charge on any atom is -0.383 e. The molecule has 1 aliphatic carbocycles. The standard InChI is InChI=1S/C17H36N2O/c1-7-17(8-2,13-18-16(3,4)5)14-19(11-12-20-6)15-9-10-15/h15,18H,7-14H2,1-6H3. The van der Waals surface area contributed by atoms with Crippen molar-refractivity contribution in [2.24, 2.45) is 5.41 Å². The van der Waals surface area contributed by atoms with Crippen LogP contribution in [0, 0.1) is 5.41 Å². The second-order valence-corrected chi connectivity index (χ2v) is 7.51. The summed E-state index contributed by atoms with van der Waals surface area (Å²) < 4.78 is 5.29. The number of hydrogen-bond donors (Lipinski definition) is 1. The monoisotopic (exact) mass is 284 g/mol. The molecule has 0 bridgehead atoms. The average molecular weight is 284 g/mol. The van der Waals surface area contributed by atoms with Crippen LogP contribution in [0.15, 0.2) is 0 Å². The van der Waals surface area contributed by atoms with Crippen LogP contribution in [-0.2, 0) is 4.74 Å². The molecule has 0 aromatic carbocycles. The fourth-order valence-corrected chi connectivity index (χ4v) is 2.70. The fraction of sp³-hybridized carbons (Fsp3) is 1.00. The molecule has 20 heavy (non-hydrogen) atoms. The van der Waals surface area contributed by atoms with Crippen LogP contribution in [-0.4, -0.2) is 49.8 Å². The molecule has 0 spiro atoms. The van der Waals surface area contributed by atoms with Gasteiger partial charge in [-0.3, -0.25) is 4.90 Å². The van der Waals surface area contributed by atoms with Gasteiger partial charge in [0.1, 0.15) is 0 Å². The molecule has 3 heteroatoms. The van der Waals surface area contributed by atoms with Gasteiger partial charge in [-0.25, -0.2) is 0 Å². The summed E-state index contributed by atoms with van der Waals surface area (Å²) >= 11 is 0. The fourth-order valence-electron chi connectivity index (χ4n) is 2.70. The van der Waals surface area contributed by atoms with Crippen molar-refractivity contribution in [2.75, 3.05) is 33.4 Å². The van der Waals surface area contributed by atoms with Gasteiger partial charge in [-0.2, -0.15) is 0 Å². The molecule has 1 N–H and O–H groups in total. The molecule has 0 atom stereocenters. The Bertz CT molecular complexity index is 265. The van der Waals surface area contributed by atoms with Crippen LogP contribution in [0.25, 0.3) is 0 Å². The summed E-state index contributed by atoms with van der Waals surface area (Å²) in [6.07, 6.45) is 5.23. The van der Waals surface area contributed by atoms with Crippen molar-refractivity contribution < 1.29 is 4.74 Å². The second kappa shape index (κ2) is 7.77. The van der Waals surface area contributed by atoms with E-state index < -0.39 is 0 Å². The Morgan fingerprint density at radius 1 is 1.15 bits per heavy atom. The summed E-state index contributed by atoms with van der Waals surface area (Å²) in [4.78, 5) is 2.67. The van der Waals surface area contributed by atoms with Crippen molar-refractivity contribution in [3.8, 4) is 0 Å². The molecule has 0 saturated heterocycles. The zero-order valence-corrected chi connectivity index (χ0v) is 14.6. The Balaban J connectivity index is 2.62. The van der Waals surface area contributed by atoms with E-state index in [0.29, 0.717) is 5.41 Å². The Morgan fingerprint density at radius 3 is 2.15 bits per heavy atom. The largest absolute Gasteiger partial charge is 0.383 e. The highest BCUT2D eigenvalue weighted by Crippen LogP contribution is 2.33. The third-order valence-electron chi connectivity index (χ3n) is 4.68. The smallest absolute Gasteiger partial charge is 0.0589 e. The molecule has 3 nitrogen and oxygen atoms in total. The molecule has 0 aromatic heterocycles. The number of ether oxygens (including phenoxy) is 1. The SMILES string of the molecule is CCC(CC)(CNC(C)(C)C)CN(CCOC)C1CC1. The highest BCUT2D eigenvalue weighted by atomic mass is 16.5. The Kier molecular flexibility index (Phi) is 6.96. The maximum absolute atomic E-state index is 5.29. The summed E-state index contributed by atoms with van der Waals surface area (Å²) in [6, 6.07) is 0.817. The van der Waals surface area contributed by atoms with E-state index in [1.165, 1.54) is 32.2 Å². The molecular formula is C17H36N2O. The van der Waals surface area contributed by atoms with Gasteiger partial charge in [-0.05, 0) is 51.9 Å². The normalized spacial score (nSPS) is 16.9. The molecule has 0 amide bonds. The van der Waals surface area contributed by atoms with Gasteiger partial charge in [0.15, 0.2) is 0 Å². The molecule has 0 radical (unpaired) electrons. The predicted octanol–water partition coefficient (Wildman–Crippen LogP) is 3.29. The number of methoxy groups -OCH3 is 1. The van der Waals surface area contributed by atoms with E-state index in [0.717, 1.165) is 25.7 Å². The number of rotatable bonds is 10. The van der Waals surface area contributed by atoms with Crippen molar-refractivity contribution in [2.45, 2.75) is 71.9 Å². The van der Waals surface area contributed by atoms with Crippen LogP contribution in [0.5, 0.6) is 0 Å². The van der Waals surface area contributed by atoms with E-state index in [1.807, 2.05) is 0 Å². The van der Waals surface area contributed by atoms with Crippen LogP contribution in [0.3, 0.4) is 0 Å². The van der Waals surface area contributed by atoms with Crippen molar-refractivity contribution in [1.82, 2.24) is 10.2 Å². The molecular weight excluding hydrogens is 248 g/mol. The van der Waals surface area contributed by atoms with Gasteiger partial charge >= 0.3 is 0 Å². The van der Waals surface area contributed by atoms with Crippen LogP contribution in [0.2, 0.25) is 0 Å². The number of nitrogens with one attached hydrogen (secondary N) is 1.